The number of nitriles is 1. The molecule has 3 aromatic rings. The zero-order chi connectivity index (χ0) is 17.8. The Morgan fingerprint density at radius 3 is 2.60 bits per heavy atom. The molecule has 3 rings (SSSR count). The van der Waals surface area contributed by atoms with Gasteiger partial charge in [-0.3, -0.25) is 0 Å². The average molecular weight is 410 g/mol. The summed E-state index contributed by atoms with van der Waals surface area (Å²) in [5.74, 6) is 0. The zero-order valence-electron chi connectivity index (χ0n) is 13.9. The first kappa shape index (κ1) is 17.4. The molecule has 0 saturated heterocycles. The zero-order valence-corrected chi connectivity index (χ0v) is 16.3. The van der Waals surface area contributed by atoms with Gasteiger partial charge in [0.25, 0.3) is 0 Å². The van der Waals surface area contributed by atoms with Gasteiger partial charge in [0.15, 0.2) is 0 Å². The Morgan fingerprint density at radius 1 is 1.20 bits per heavy atom. The molecule has 0 saturated carbocycles. The van der Waals surface area contributed by atoms with E-state index in [1.807, 2.05) is 79.0 Å². The molecule has 0 fully saturated rings. The molecule has 0 amide bonds. The Kier molecular flexibility index (Phi) is 5.32. The van der Waals surface area contributed by atoms with Crippen molar-refractivity contribution in [1.29, 1.82) is 5.26 Å². The third-order valence-corrected chi connectivity index (χ3v) is 5.06. The lowest BCUT2D eigenvalue weighted by molar-refractivity contribution is 1.13. The van der Waals surface area contributed by atoms with Crippen molar-refractivity contribution >= 4 is 44.6 Å². The van der Waals surface area contributed by atoms with E-state index < -0.39 is 0 Å². The fourth-order valence-corrected chi connectivity index (χ4v) is 3.55. The maximum atomic E-state index is 9.54. The molecular formula is C20H16BrN3S. The normalized spacial score (nSPS) is 11.2. The van der Waals surface area contributed by atoms with Gasteiger partial charge in [0, 0.05) is 35.2 Å². The van der Waals surface area contributed by atoms with Crippen LogP contribution < -0.4 is 4.90 Å². The van der Waals surface area contributed by atoms with E-state index >= 15 is 0 Å². The van der Waals surface area contributed by atoms with Gasteiger partial charge in [0.05, 0.1) is 11.3 Å². The van der Waals surface area contributed by atoms with Crippen molar-refractivity contribution in [2.75, 3.05) is 19.0 Å². The summed E-state index contributed by atoms with van der Waals surface area (Å²) in [5.41, 5.74) is 4.60. The van der Waals surface area contributed by atoms with Crippen molar-refractivity contribution in [2.24, 2.45) is 0 Å². The van der Waals surface area contributed by atoms with Gasteiger partial charge in [-0.15, -0.1) is 11.3 Å². The summed E-state index contributed by atoms with van der Waals surface area (Å²) in [5, 5.41) is 12.3. The molecule has 3 nitrogen and oxygen atoms in total. The molecule has 25 heavy (non-hydrogen) atoms. The Bertz CT molecular complexity index is 950. The summed E-state index contributed by atoms with van der Waals surface area (Å²) in [4.78, 5) is 6.68. The second kappa shape index (κ2) is 7.64. The highest BCUT2D eigenvalue weighted by Crippen LogP contribution is 2.28. The van der Waals surface area contributed by atoms with E-state index in [2.05, 4.69) is 27.0 Å². The molecule has 1 aromatic heterocycles. The first-order valence-electron chi connectivity index (χ1n) is 7.68. The summed E-state index contributed by atoms with van der Waals surface area (Å²) >= 11 is 4.96. The molecule has 1 heterocycles. The van der Waals surface area contributed by atoms with Crippen LogP contribution in [0.4, 0.5) is 5.69 Å². The van der Waals surface area contributed by atoms with Gasteiger partial charge in [0.1, 0.15) is 11.1 Å². The van der Waals surface area contributed by atoms with Gasteiger partial charge < -0.3 is 4.90 Å². The molecule has 0 bridgehead atoms. The summed E-state index contributed by atoms with van der Waals surface area (Å²) < 4.78 is 1.01. The number of hydrogen-bond donors (Lipinski definition) is 0. The smallest absolute Gasteiger partial charge is 0.134 e. The average Bonchev–Trinajstić information content (AvgIpc) is 3.10. The number of allylic oxidation sites excluding steroid dienone is 1. The van der Waals surface area contributed by atoms with Crippen molar-refractivity contribution in [3.63, 3.8) is 0 Å². The van der Waals surface area contributed by atoms with E-state index in [-0.39, 0.29) is 0 Å². The molecule has 0 aliphatic carbocycles. The third kappa shape index (κ3) is 4.16. The molecule has 0 spiro atoms. The molecule has 124 valence electrons. The largest absolute Gasteiger partial charge is 0.378 e. The number of rotatable bonds is 4. The molecular weight excluding hydrogens is 394 g/mol. The standard InChI is InChI=1S/C20H16BrN3S/c1-24(2)18-8-6-14(7-9-18)10-16(12-22)20-23-19(13-25-20)15-4-3-5-17(21)11-15/h3-11,13H,1-2H3/b16-10+. The van der Waals surface area contributed by atoms with Crippen LogP contribution >= 0.6 is 27.3 Å². The number of benzene rings is 2. The molecule has 0 aliphatic rings. The Hall–Kier alpha value is -2.42. The summed E-state index contributed by atoms with van der Waals surface area (Å²) in [7, 11) is 4.01. The van der Waals surface area contributed by atoms with Crippen LogP contribution in [0.1, 0.15) is 10.6 Å². The predicted octanol–water partition coefficient (Wildman–Crippen LogP) is 5.70. The molecule has 5 heteroatoms. The maximum absolute atomic E-state index is 9.54. The number of anilines is 1. The van der Waals surface area contributed by atoms with Crippen LogP contribution in [0, 0.1) is 11.3 Å². The van der Waals surface area contributed by atoms with Gasteiger partial charge in [0.2, 0.25) is 0 Å². The Morgan fingerprint density at radius 2 is 1.96 bits per heavy atom. The van der Waals surface area contributed by atoms with Crippen molar-refractivity contribution in [2.45, 2.75) is 0 Å². The molecule has 0 N–H and O–H groups in total. The van der Waals surface area contributed by atoms with Gasteiger partial charge >= 0.3 is 0 Å². The van der Waals surface area contributed by atoms with Gasteiger partial charge in [-0.1, -0.05) is 40.2 Å². The topological polar surface area (TPSA) is 39.9 Å². The number of thiazole rings is 1. The predicted molar refractivity (Wildman–Crippen MR) is 110 cm³/mol. The van der Waals surface area contributed by atoms with Crippen molar-refractivity contribution in [1.82, 2.24) is 4.98 Å². The first-order chi connectivity index (χ1) is 12.1. The van der Waals surface area contributed by atoms with Gasteiger partial charge in [-0.05, 0) is 35.9 Å². The molecule has 0 aliphatic heterocycles. The van der Waals surface area contributed by atoms with E-state index in [1.54, 1.807) is 0 Å². The summed E-state index contributed by atoms with van der Waals surface area (Å²) in [6, 6.07) is 18.4. The monoisotopic (exact) mass is 409 g/mol. The van der Waals surface area contributed by atoms with E-state index in [4.69, 9.17) is 0 Å². The summed E-state index contributed by atoms with van der Waals surface area (Å²) in [6.07, 6.45) is 1.88. The first-order valence-corrected chi connectivity index (χ1v) is 9.35. The fourth-order valence-electron chi connectivity index (χ4n) is 2.36. The van der Waals surface area contributed by atoms with Crippen LogP contribution in [0.3, 0.4) is 0 Å². The highest BCUT2D eigenvalue weighted by Gasteiger charge is 2.09. The van der Waals surface area contributed by atoms with Crippen molar-refractivity contribution in [3.8, 4) is 17.3 Å². The SMILES string of the molecule is CN(C)c1ccc(/C=C(\C#N)c2nc(-c3cccc(Br)c3)cs2)cc1. The summed E-state index contributed by atoms with van der Waals surface area (Å²) in [6.45, 7) is 0. The Balaban J connectivity index is 1.90. The third-order valence-electron chi connectivity index (χ3n) is 3.70. The van der Waals surface area contributed by atoms with Crippen molar-refractivity contribution < 1.29 is 0 Å². The van der Waals surface area contributed by atoms with Crippen LogP contribution in [0.15, 0.2) is 58.4 Å². The number of aromatic nitrogens is 1. The van der Waals surface area contributed by atoms with Crippen molar-refractivity contribution in [3.05, 3.63) is 69.0 Å². The van der Waals surface area contributed by atoms with E-state index in [9.17, 15) is 5.26 Å². The molecule has 0 atom stereocenters. The van der Waals surface area contributed by atoms with Gasteiger partial charge in [-0.2, -0.15) is 5.26 Å². The van der Waals surface area contributed by atoms with Crippen LogP contribution in [-0.4, -0.2) is 19.1 Å². The van der Waals surface area contributed by atoms with Crippen LogP contribution in [-0.2, 0) is 0 Å². The van der Waals surface area contributed by atoms with Crippen LogP contribution in [0.2, 0.25) is 0 Å². The lowest BCUT2D eigenvalue weighted by Gasteiger charge is -2.11. The molecule has 2 aromatic carbocycles. The van der Waals surface area contributed by atoms with Crippen LogP contribution in [0.25, 0.3) is 22.9 Å². The molecule has 0 unspecified atom stereocenters. The van der Waals surface area contributed by atoms with E-state index in [0.29, 0.717) is 5.57 Å². The quantitative estimate of drug-likeness (QED) is 0.518. The lowest BCUT2D eigenvalue weighted by Crippen LogP contribution is -2.07. The highest BCUT2D eigenvalue weighted by atomic mass is 79.9. The second-order valence-electron chi connectivity index (χ2n) is 5.70. The number of halogens is 1. The minimum Gasteiger partial charge on any atom is -0.378 e. The maximum Gasteiger partial charge on any atom is 0.134 e. The fraction of sp³-hybridized carbons (Fsp3) is 0.100. The Labute approximate surface area is 160 Å². The number of hydrogen-bond acceptors (Lipinski definition) is 4. The van der Waals surface area contributed by atoms with E-state index in [1.165, 1.54) is 11.3 Å². The lowest BCUT2D eigenvalue weighted by atomic mass is 10.1. The highest BCUT2D eigenvalue weighted by molar-refractivity contribution is 9.10. The molecule has 0 radical (unpaired) electrons. The number of nitrogens with zero attached hydrogens (tertiary/aromatic N) is 3. The van der Waals surface area contributed by atoms with E-state index in [0.717, 1.165) is 32.0 Å². The van der Waals surface area contributed by atoms with Gasteiger partial charge in [-0.25, -0.2) is 4.98 Å². The minimum atomic E-state index is 0.573. The minimum absolute atomic E-state index is 0.573. The second-order valence-corrected chi connectivity index (χ2v) is 7.48. The van der Waals surface area contributed by atoms with Crippen LogP contribution in [0.5, 0.6) is 0 Å².